The maximum atomic E-state index is 13.9. The molecule has 1 aliphatic rings. The van der Waals surface area contributed by atoms with Gasteiger partial charge in [0.25, 0.3) is 5.91 Å². The van der Waals surface area contributed by atoms with Gasteiger partial charge in [-0.2, -0.15) is 5.10 Å². The molecule has 2 atom stereocenters. The number of hydrogen-bond donors (Lipinski definition) is 1. The molecule has 5 nitrogen and oxygen atoms in total. The zero-order valence-electron chi connectivity index (χ0n) is 15.0. The standard InChI is InChI=1S/C19H24FN3O2/c1-5-16-14(9-21-23(16)10-11(2)3)19(24)22-17-12(4)25-18-13(17)7-6-8-15(18)20/h6-9,11-12,17H,5,10H2,1-4H3,(H,22,24)/t12-,17+/m0/s1. The van der Waals surface area contributed by atoms with Crippen LogP contribution in [0.1, 0.15) is 55.4 Å². The fourth-order valence-corrected chi connectivity index (χ4v) is 3.29. The van der Waals surface area contributed by atoms with Gasteiger partial charge in [0, 0.05) is 12.1 Å². The highest BCUT2D eigenvalue weighted by Gasteiger charge is 2.35. The second-order valence-electron chi connectivity index (χ2n) is 6.87. The van der Waals surface area contributed by atoms with E-state index in [1.54, 1.807) is 18.3 Å². The van der Waals surface area contributed by atoms with Crippen LogP contribution in [0.15, 0.2) is 24.4 Å². The van der Waals surface area contributed by atoms with Crippen molar-refractivity contribution in [2.75, 3.05) is 0 Å². The second-order valence-corrected chi connectivity index (χ2v) is 6.87. The Labute approximate surface area is 147 Å². The zero-order valence-corrected chi connectivity index (χ0v) is 15.0. The highest BCUT2D eigenvalue weighted by molar-refractivity contribution is 5.95. The molecule has 3 rings (SSSR count). The van der Waals surface area contributed by atoms with E-state index < -0.39 is 5.82 Å². The minimum atomic E-state index is -0.403. The Bertz CT molecular complexity index is 785. The van der Waals surface area contributed by atoms with E-state index in [2.05, 4.69) is 24.3 Å². The van der Waals surface area contributed by atoms with E-state index in [1.807, 2.05) is 18.5 Å². The summed E-state index contributed by atoms with van der Waals surface area (Å²) < 4.78 is 21.4. The summed E-state index contributed by atoms with van der Waals surface area (Å²) in [5, 5.41) is 7.35. The van der Waals surface area contributed by atoms with Gasteiger partial charge in [0.1, 0.15) is 6.10 Å². The smallest absolute Gasteiger partial charge is 0.255 e. The topological polar surface area (TPSA) is 56.1 Å². The van der Waals surface area contributed by atoms with Gasteiger partial charge in [0.05, 0.1) is 23.5 Å². The van der Waals surface area contributed by atoms with Gasteiger partial charge in [-0.25, -0.2) is 4.39 Å². The molecular weight excluding hydrogens is 321 g/mol. The molecule has 0 fully saturated rings. The Morgan fingerprint density at radius 2 is 2.20 bits per heavy atom. The summed E-state index contributed by atoms with van der Waals surface area (Å²) >= 11 is 0. The van der Waals surface area contributed by atoms with Crippen molar-refractivity contribution in [3.05, 3.63) is 47.0 Å². The van der Waals surface area contributed by atoms with Crippen LogP contribution < -0.4 is 10.1 Å². The molecule has 0 spiro atoms. The van der Waals surface area contributed by atoms with E-state index >= 15 is 0 Å². The molecule has 1 aliphatic heterocycles. The third kappa shape index (κ3) is 3.25. The van der Waals surface area contributed by atoms with E-state index in [0.717, 1.165) is 18.7 Å². The van der Waals surface area contributed by atoms with E-state index in [4.69, 9.17) is 4.74 Å². The zero-order chi connectivity index (χ0) is 18.1. The first-order valence-electron chi connectivity index (χ1n) is 8.73. The average molecular weight is 345 g/mol. The molecule has 0 unspecified atom stereocenters. The van der Waals surface area contributed by atoms with E-state index in [0.29, 0.717) is 17.0 Å². The molecule has 1 aromatic heterocycles. The van der Waals surface area contributed by atoms with E-state index in [-0.39, 0.29) is 23.8 Å². The van der Waals surface area contributed by atoms with Crippen LogP contribution in [0.25, 0.3) is 0 Å². The number of halogens is 1. The molecule has 0 saturated carbocycles. The SMILES string of the molecule is CCc1c(C(=O)N[C@H]2c3cccc(F)c3O[C@H]2C)cnn1CC(C)C. The monoisotopic (exact) mass is 345 g/mol. The number of benzene rings is 1. The summed E-state index contributed by atoms with van der Waals surface area (Å²) in [7, 11) is 0. The maximum Gasteiger partial charge on any atom is 0.255 e. The lowest BCUT2D eigenvalue weighted by Gasteiger charge is -2.17. The van der Waals surface area contributed by atoms with Crippen LogP contribution in [-0.4, -0.2) is 21.8 Å². The molecule has 2 aromatic rings. The number of nitrogens with one attached hydrogen (secondary N) is 1. The predicted molar refractivity (Wildman–Crippen MR) is 93.1 cm³/mol. The van der Waals surface area contributed by atoms with Gasteiger partial charge in [-0.1, -0.05) is 32.9 Å². The number of para-hydroxylation sites is 1. The normalized spacial score (nSPS) is 19.0. The Kier molecular flexibility index (Phi) is 4.79. The third-order valence-corrected chi connectivity index (χ3v) is 4.46. The maximum absolute atomic E-state index is 13.9. The van der Waals surface area contributed by atoms with E-state index in [9.17, 15) is 9.18 Å². The van der Waals surface area contributed by atoms with Crippen molar-refractivity contribution in [3.8, 4) is 5.75 Å². The van der Waals surface area contributed by atoms with Gasteiger partial charge >= 0.3 is 0 Å². The number of fused-ring (bicyclic) bond motifs is 1. The molecular formula is C19H24FN3O2. The largest absolute Gasteiger partial charge is 0.485 e. The van der Waals surface area contributed by atoms with Crippen molar-refractivity contribution in [1.82, 2.24) is 15.1 Å². The van der Waals surface area contributed by atoms with Crippen LogP contribution in [0.3, 0.4) is 0 Å². The summed E-state index contributed by atoms with van der Waals surface area (Å²) in [6, 6.07) is 4.40. The lowest BCUT2D eigenvalue weighted by molar-refractivity contribution is 0.0906. The number of hydrogen-bond acceptors (Lipinski definition) is 3. The second kappa shape index (κ2) is 6.86. The fraction of sp³-hybridized carbons (Fsp3) is 0.474. The van der Waals surface area contributed by atoms with Gasteiger partial charge in [-0.05, 0) is 25.3 Å². The Balaban J connectivity index is 1.84. The Morgan fingerprint density at radius 1 is 1.44 bits per heavy atom. The summed E-state index contributed by atoms with van der Waals surface area (Å²) in [6.07, 6.45) is 2.01. The third-order valence-electron chi connectivity index (χ3n) is 4.46. The van der Waals surface area contributed by atoms with Crippen molar-refractivity contribution in [2.45, 2.75) is 52.8 Å². The number of aromatic nitrogens is 2. The van der Waals surface area contributed by atoms with Crippen LogP contribution in [0.4, 0.5) is 4.39 Å². The lowest BCUT2D eigenvalue weighted by Crippen LogP contribution is -2.34. The number of ether oxygens (including phenoxy) is 1. The van der Waals surface area contributed by atoms with Crippen LogP contribution in [0.2, 0.25) is 0 Å². The molecule has 25 heavy (non-hydrogen) atoms. The van der Waals surface area contributed by atoms with Gasteiger partial charge in [-0.3, -0.25) is 9.48 Å². The Morgan fingerprint density at radius 3 is 2.88 bits per heavy atom. The molecule has 6 heteroatoms. The van der Waals surface area contributed by atoms with Crippen LogP contribution >= 0.6 is 0 Å². The van der Waals surface area contributed by atoms with Crippen molar-refractivity contribution in [2.24, 2.45) is 5.92 Å². The number of amides is 1. The highest BCUT2D eigenvalue weighted by Crippen LogP contribution is 2.38. The lowest BCUT2D eigenvalue weighted by atomic mass is 10.0. The number of rotatable bonds is 5. The van der Waals surface area contributed by atoms with Crippen molar-refractivity contribution in [3.63, 3.8) is 0 Å². The molecule has 134 valence electrons. The summed E-state index contributed by atoms with van der Waals surface area (Å²) in [4.78, 5) is 12.8. The molecule has 0 aliphatic carbocycles. The fourth-order valence-electron chi connectivity index (χ4n) is 3.29. The minimum Gasteiger partial charge on any atom is -0.485 e. The molecule has 0 saturated heterocycles. The first-order chi connectivity index (χ1) is 11.9. The highest BCUT2D eigenvalue weighted by atomic mass is 19.1. The van der Waals surface area contributed by atoms with Crippen LogP contribution in [0, 0.1) is 11.7 Å². The van der Waals surface area contributed by atoms with Gasteiger partial charge in [0.2, 0.25) is 0 Å². The van der Waals surface area contributed by atoms with Crippen LogP contribution in [-0.2, 0) is 13.0 Å². The average Bonchev–Trinajstić information content (AvgIpc) is 3.09. The molecule has 1 N–H and O–H groups in total. The molecule has 2 heterocycles. The quantitative estimate of drug-likeness (QED) is 0.902. The van der Waals surface area contributed by atoms with Crippen molar-refractivity contribution < 1.29 is 13.9 Å². The summed E-state index contributed by atoms with van der Waals surface area (Å²) in [5.41, 5.74) is 2.16. The van der Waals surface area contributed by atoms with Gasteiger partial charge in [-0.15, -0.1) is 0 Å². The number of nitrogens with zero attached hydrogens (tertiary/aromatic N) is 2. The summed E-state index contributed by atoms with van der Waals surface area (Å²) in [5.74, 6) is 0.0650. The van der Waals surface area contributed by atoms with Crippen molar-refractivity contribution in [1.29, 1.82) is 0 Å². The minimum absolute atomic E-state index is 0.204. The summed E-state index contributed by atoms with van der Waals surface area (Å²) in [6.45, 7) is 8.84. The van der Waals surface area contributed by atoms with Crippen LogP contribution in [0.5, 0.6) is 5.75 Å². The molecule has 0 radical (unpaired) electrons. The molecule has 1 aromatic carbocycles. The van der Waals surface area contributed by atoms with E-state index in [1.165, 1.54) is 6.07 Å². The Hall–Kier alpha value is -2.37. The molecule has 0 bridgehead atoms. The first-order valence-corrected chi connectivity index (χ1v) is 8.73. The van der Waals surface area contributed by atoms with Gasteiger partial charge in [0.15, 0.2) is 11.6 Å². The number of carbonyl (C=O) groups excluding carboxylic acids is 1. The first kappa shape index (κ1) is 17.5. The number of carbonyl (C=O) groups is 1. The van der Waals surface area contributed by atoms with Crippen molar-refractivity contribution >= 4 is 5.91 Å². The molecule has 1 amide bonds. The van der Waals surface area contributed by atoms with Gasteiger partial charge < -0.3 is 10.1 Å². The predicted octanol–water partition coefficient (Wildman–Crippen LogP) is 3.49.